The van der Waals surface area contributed by atoms with Crippen molar-refractivity contribution in [2.45, 2.75) is 245 Å². The lowest BCUT2D eigenvalue weighted by molar-refractivity contribution is -0.150. The summed E-state index contributed by atoms with van der Waals surface area (Å²) in [5.74, 6) is -0.0617. The Morgan fingerprint density at radius 3 is 1.43 bits per heavy atom. The molecule has 9 heteroatoms. The number of carbonyl (C=O) groups is 2. The molecule has 0 bridgehead atoms. The summed E-state index contributed by atoms with van der Waals surface area (Å²) in [4.78, 5) is 50.7. The number of nitrogen functional groups attached to an aromatic ring is 1. The number of nitrogens with two attached hydrogens (primary N) is 1. The minimum Gasteiger partial charge on any atom is -0.466 e. The molecule has 0 unspecified atom stereocenters. The van der Waals surface area contributed by atoms with Gasteiger partial charge in [0.1, 0.15) is 17.5 Å². The topological polar surface area (TPSA) is 128 Å². The molecule has 0 aliphatic heterocycles. The van der Waals surface area contributed by atoms with Crippen LogP contribution in [0, 0.1) is 0 Å². The highest BCUT2D eigenvalue weighted by Crippen LogP contribution is 2.19. The third-order valence-electron chi connectivity index (χ3n) is 11.7. The van der Waals surface area contributed by atoms with Gasteiger partial charge in [0.05, 0.1) is 6.61 Å². The third kappa shape index (κ3) is 29.7. The van der Waals surface area contributed by atoms with E-state index in [1.807, 2.05) is 0 Å². The van der Waals surface area contributed by atoms with Crippen LogP contribution < -0.4 is 21.9 Å². The molecule has 338 valence electrons. The summed E-state index contributed by atoms with van der Waals surface area (Å²) in [5.41, 5.74) is 4.92. The molecule has 1 aromatic rings. The number of rotatable bonds is 44. The molecule has 58 heavy (non-hydrogen) atoms. The van der Waals surface area contributed by atoms with E-state index in [1.54, 1.807) is 0 Å². The van der Waals surface area contributed by atoms with Crippen LogP contribution in [0.4, 0.5) is 11.4 Å². The van der Waals surface area contributed by atoms with Crippen molar-refractivity contribution in [2.24, 2.45) is 0 Å². The van der Waals surface area contributed by atoms with Gasteiger partial charge in [0.2, 0.25) is 0 Å². The predicted molar refractivity (Wildman–Crippen MR) is 246 cm³/mol. The van der Waals surface area contributed by atoms with Gasteiger partial charge >= 0.3 is 11.9 Å². The molecule has 0 atom stereocenters. The van der Waals surface area contributed by atoms with Crippen LogP contribution >= 0.6 is 0 Å². The average Bonchev–Trinajstić information content (AvgIpc) is 3.22. The number of esters is 2. The standard InChI is InChI=1S/C49H91N3O6/c1-4-7-10-13-16-25-32-42-57-44(53)36-28-21-17-23-30-39-52(41-33-38-51-47-46(50)48(55)49(47)56)40-31-24-18-22-29-37-45(54)58-43(34-26-19-14-11-8-5-2)35-27-20-15-12-9-6-3/h43,51H,4-42,50H2,1-3H3. The van der Waals surface area contributed by atoms with Gasteiger partial charge in [0.15, 0.2) is 0 Å². The molecule has 0 aliphatic rings. The second-order valence-corrected chi connectivity index (χ2v) is 17.2. The number of unbranched alkanes of at least 4 members (excludes halogenated alkanes) is 24. The first-order valence-corrected chi connectivity index (χ1v) is 24.7. The number of nitrogens with zero attached hydrogens (tertiary/aromatic N) is 1. The van der Waals surface area contributed by atoms with Crippen LogP contribution in [0.3, 0.4) is 0 Å². The zero-order valence-electron chi connectivity index (χ0n) is 38.1. The molecule has 0 fully saturated rings. The SMILES string of the molecule is CCCCCCCCCOC(=O)CCCCCCCN(CCCCCCCC(=O)OC(CCCCCCCC)CCCCCCCC)CCCNc1c(N)c(=O)c1=O. The summed E-state index contributed by atoms with van der Waals surface area (Å²) in [5, 5.41) is 3.06. The third-order valence-corrected chi connectivity index (χ3v) is 11.7. The fourth-order valence-corrected chi connectivity index (χ4v) is 7.84. The molecule has 3 N–H and O–H groups in total. The van der Waals surface area contributed by atoms with E-state index in [0.717, 1.165) is 129 Å². The molecular weight excluding hydrogens is 727 g/mol. The summed E-state index contributed by atoms with van der Waals surface area (Å²) in [6, 6.07) is 0. The second-order valence-electron chi connectivity index (χ2n) is 17.2. The van der Waals surface area contributed by atoms with E-state index in [1.165, 1.54) is 96.3 Å². The molecule has 0 aromatic heterocycles. The Balaban J connectivity index is 2.33. The number of hydrogen-bond acceptors (Lipinski definition) is 9. The van der Waals surface area contributed by atoms with Crippen LogP contribution in [-0.4, -0.2) is 55.7 Å². The summed E-state index contributed by atoms with van der Waals surface area (Å²) in [6.45, 7) is 10.9. The lowest BCUT2D eigenvalue weighted by Gasteiger charge is -2.23. The van der Waals surface area contributed by atoms with Gasteiger partial charge in [-0.15, -0.1) is 0 Å². The number of carbonyl (C=O) groups excluding carboxylic acids is 2. The molecule has 0 saturated heterocycles. The number of nitrogens with one attached hydrogen (secondary N) is 1. The second kappa shape index (κ2) is 38.8. The van der Waals surface area contributed by atoms with Crippen molar-refractivity contribution >= 4 is 23.3 Å². The first-order valence-electron chi connectivity index (χ1n) is 24.7. The highest BCUT2D eigenvalue weighted by Gasteiger charge is 2.17. The molecule has 9 nitrogen and oxygen atoms in total. The first kappa shape index (κ1) is 53.6. The number of anilines is 2. The first-order chi connectivity index (χ1) is 28.3. The smallest absolute Gasteiger partial charge is 0.306 e. The van der Waals surface area contributed by atoms with E-state index < -0.39 is 10.9 Å². The van der Waals surface area contributed by atoms with Crippen molar-refractivity contribution in [2.75, 3.05) is 43.8 Å². The van der Waals surface area contributed by atoms with Crippen molar-refractivity contribution in [3.05, 3.63) is 20.4 Å². The molecule has 1 rings (SSSR count). The molecule has 0 saturated carbocycles. The van der Waals surface area contributed by atoms with Crippen molar-refractivity contribution in [3.8, 4) is 0 Å². The van der Waals surface area contributed by atoms with Gasteiger partial charge in [-0.3, -0.25) is 19.2 Å². The maximum atomic E-state index is 12.8. The minimum atomic E-state index is -0.586. The zero-order chi connectivity index (χ0) is 42.3. The van der Waals surface area contributed by atoms with Crippen LogP contribution in [0.1, 0.15) is 239 Å². The molecule has 0 amide bonds. The highest BCUT2D eigenvalue weighted by molar-refractivity contribution is 5.71. The molecular formula is C49H91N3O6. The zero-order valence-corrected chi connectivity index (χ0v) is 38.1. The van der Waals surface area contributed by atoms with Crippen LogP contribution in [0.25, 0.3) is 0 Å². The number of hydrogen-bond donors (Lipinski definition) is 2. The Kier molecular flexibility index (Phi) is 35.8. The monoisotopic (exact) mass is 818 g/mol. The Labute approximate surface area is 355 Å². The Bertz CT molecular complexity index is 1170. The largest absolute Gasteiger partial charge is 0.466 e. The summed E-state index contributed by atoms with van der Waals surface area (Å²) in [6.07, 6.45) is 38.4. The van der Waals surface area contributed by atoms with Gasteiger partial charge in [-0.25, -0.2) is 0 Å². The predicted octanol–water partition coefficient (Wildman–Crippen LogP) is 12.4. The van der Waals surface area contributed by atoms with E-state index in [2.05, 4.69) is 31.0 Å². The maximum Gasteiger partial charge on any atom is 0.306 e. The van der Waals surface area contributed by atoms with Gasteiger partial charge in [0.25, 0.3) is 10.9 Å². The summed E-state index contributed by atoms with van der Waals surface area (Å²) in [7, 11) is 0. The molecule has 0 heterocycles. The van der Waals surface area contributed by atoms with Gasteiger partial charge in [-0.1, -0.05) is 162 Å². The molecule has 1 aromatic carbocycles. The average molecular weight is 818 g/mol. The van der Waals surface area contributed by atoms with E-state index >= 15 is 0 Å². The van der Waals surface area contributed by atoms with Crippen molar-refractivity contribution in [3.63, 3.8) is 0 Å². The Morgan fingerprint density at radius 1 is 0.517 bits per heavy atom. The summed E-state index contributed by atoms with van der Waals surface area (Å²) < 4.78 is 11.5. The quantitative estimate of drug-likeness (QED) is 0.0376. The van der Waals surface area contributed by atoms with Crippen LogP contribution in [0.5, 0.6) is 0 Å². The molecule has 0 aliphatic carbocycles. The van der Waals surface area contributed by atoms with Crippen molar-refractivity contribution < 1.29 is 19.1 Å². The normalized spacial score (nSPS) is 11.6. The molecule has 0 radical (unpaired) electrons. The van der Waals surface area contributed by atoms with Crippen LogP contribution in [0.2, 0.25) is 0 Å². The van der Waals surface area contributed by atoms with Crippen molar-refractivity contribution in [1.82, 2.24) is 4.90 Å². The van der Waals surface area contributed by atoms with Crippen LogP contribution in [0.15, 0.2) is 9.59 Å². The van der Waals surface area contributed by atoms with Gasteiger partial charge in [-0.05, 0) is 83.8 Å². The van der Waals surface area contributed by atoms with E-state index in [4.69, 9.17) is 15.2 Å². The van der Waals surface area contributed by atoms with Crippen LogP contribution in [-0.2, 0) is 19.1 Å². The van der Waals surface area contributed by atoms with E-state index in [-0.39, 0.29) is 29.4 Å². The summed E-state index contributed by atoms with van der Waals surface area (Å²) >= 11 is 0. The van der Waals surface area contributed by atoms with Crippen molar-refractivity contribution in [1.29, 1.82) is 0 Å². The van der Waals surface area contributed by atoms with Gasteiger partial charge in [0, 0.05) is 19.4 Å². The van der Waals surface area contributed by atoms with Gasteiger partial charge in [-0.2, -0.15) is 0 Å². The Hall–Kier alpha value is -2.42. The lowest BCUT2D eigenvalue weighted by atomic mass is 10.0. The van der Waals surface area contributed by atoms with E-state index in [9.17, 15) is 19.2 Å². The number of ether oxygens (including phenoxy) is 2. The highest BCUT2D eigenvalue weighted by atomic mass is 16.5. The lowest BCUT2D eigenvalue weighted by Crippen LogP contribution is -2.37. The van der Waals surface area contributed by atoms with E-state index in [0.29, 0.717) is 26.0 Å². The Morgan fingerprint density at radius 2 is 0.931 bits per heavy atom. The maximum absolute atomic E-state index is 12.8. The fraction of sp³-hybridized carbons (Fsp3) is 0.878. The molecule has 0 spiro atoms. The fourth-order valence-electron chi connectivity index (χ4n) is 7.84. The minimum absolute atomic E-state index is 0.00836. The van der Waals surface area contributed by atoms with Gasteiger partial charge < -0.3 is 25.4 Å².